The molecule has 0 spiro atoms. The number of nitrogens with zero attached hydrogens (tertiary/aromatic N) is 1. The van der Waals surface area contributed by atoms with E-state index in [1.165, 1.54) is 19.1 Å². The standard InChI is InChI=1S/C16H13ClFNO3.C8H8ClNO/c1-10(16(21)22)19(12-7-8-14(18)13(17)9-12)15(20)11-5-3-2-4-6-11;9-6-8(11)10-7-4-2-1-3-5-7/h2-10H,1H3,(H,21,22);1-5H,6H2,(H,10,11)/t10-;/m1./s1. The van der Waals surface area contributed by atoms with Crippen LogP contribution in [0.5, 0.6) is 0 Å². The van der Waals surface area contributed by atoms with Gasteiger partial charge in [-0.3, -0.25) is 14.5 Å². The zero-order valence-electron chi connectivity index (χ0n) is 17.5. The number of rotatable bonds is 6. The molecular formula is C24H21Cl2FN2O4. The van der Waals surface area contributed by atoms with Gasteiger partial charge < -0.3 is 10.4 Å². The number of benzene rings is 3. The molecule has 0 aromatic heterocycles. The van der Waals surface area contributed by atoms with Gasteiger partial charge in [0.15, 0.2) is 0 Å². The summed E-state index contributed by atoms with van der Waals surface area (Å²) in [5.41, 5.74) is 1.32. The van der Waals surface area contributed by atoms with Crippen LogP contribution in [0.3, 0.4) is 0 Å². The predicted molar refractivity (Wildman–Crippen MR) is 128 cm³/mol. The number of anilines is 2. The molecule has 172 valence electrons. The summed E-state index contributed by atoms with van der Waals surface area (Å²) < 4.78 is 13.3. The van der Waals surface area contributed by atoms with Gasteiger partial charge in [0.25, 0.3) is 5.91 Å². The molecule has 0 saturated carbocycles. The molecule has 33 heavy (non-hydrogen) atoms. The van der Waals surface area contributed by atoms with Crippen LogP contribution in [0.25, 0.3) is 0 Å². The van der Waals surface area contributed by atoms with E-state index in [1.807, 2.05) is 30.3 Å². The highest BCUT2D eigenvalue weighted by molar-refractivity contribution is 6.31. The number of carboxylic acids is 1. The number of nitrogens with one attached hydrogen (secondary N) is 1. The Morgan fingerprint density at radius 3 is 2.09 bits per heavy atom. The molecule has 9 heteroatoms. The van der Waals surface area contributed by atoms with Gasteiger partial charge in [0.2, 0.25) is 5.91 Å². The number of para-hydroxylation sites is 1. The molecule has 3 aromatic rings. The molecule has 0 radical (unpaired) electrons. The number of aliphatic carboxylic acids is 1. The van der Waals surface area contributed by atoms with E-state index < -0.39 is 23.7 Å². The molecule has 0 heterocycles. The Bertz CT molecular complexity index is 1100. The number of carboxylic acid groups (broad SMARTS) is 1. The zero-order chi connectivity index (χ0) is 24.4. The van der Waals surface area contributed by atoms with E-state index in [1.54, 1.807) is 30.3 Å². The van der Waals surface area contributed by atoms with E-state index in [0.29, 0.717) is 5.56 Å². The van der Waals surface area contributed by atoms with Crippen LogP contribution in [0.1, 0.15) is 17.3 Å². The van der Waals surface area contributed by atoms with Crippen molar-refractivity contribution in [1.29, 1.82) is 0 Å². The van der Waals surface area contributed by atoms with E-state index in [-0.39, 0.29) is 22.5 Å². The van der Waals surface area contributed by atoms with E-state index in [9.17, 15) is 23.9 Å². The molecule has 0 aliphatic heterocycles. The van der Waals surface area contributed by atoms with Crippen LogP contribution in [0, 0.1) is 5.82 Å². The first-order valence-corrected chi connectivity index (χ1v) is 10.6. The third-order valence-corrected chi connectivity index (χ3v) is 4.88. The van der Waals surface area contributed by atoms with Gasteiger partial charge in [-0.15, -0.1) is 11.6 Å². The quantitative estimate of drug-likeness (QED) is 0.449. The molecule has 0 unspecified atom stereocenters. The SMILES string of the molecule is C[C@H](C(=O)O)N(C(=O)c1ccccc1)c1ccc(F)c(Cl)c1.O=C(CCl)Nc1ccccc1. The van der Waals surface area contributed by atoms with Crippen LogP contribution in [-0.2, 0) is 9.59 Å². The highest BCUT2D eigenvalue weighted by Gasteiger charge is 2.28. The van der Waals surface area contributed by atoms with E-state index in [2.05, 4.69) is 5.32 Å². The van der Waals surface area contributed by atoms with E-state index >= 15 is 0 Å². The fourth-order valence-electron chi connectivity index (χ4n) is 2.70. The molecule has 2 N–H and O–H groups in total. The Morgan fingerprint density at radius 1 is 1.00 bits per heavy atom. The van der Waals surface area contributed by atoms with Gasteiger partial charge in [-0.05, 0) is 49.4 Å². The summed E-state index contributed by atoms with van der Waals surface area (Å²) in [6, 6.07) is 20.0. The normalized spacial score (nSPS) is 10.9. The largest absolute Gasteiger partial charge is 0.480 e. The van der Waals surface area contributed by atoms with Crippen LogP contribution in [0.15, 0.2) is 78.9 Å². The summed E-state index contributed by atoms with van der Waals surface area (Å²) in [4.78, 5) is 35.7. The minimum absolute atomic E-state index is 0.00507. The number of alkyl halides is 1. The predicted octanol–water partition coefficient (Wildman–Crippen LogP) is 5.46. The first-order chi connectivity index (χ1) is 15.7. The fraction of sp³-hybridized carbons (Fsp3) is 0.125. The maximum Gasteiger partial charge on any atom is 0.326 e. The molecule has 2 amide bonds. The summed E-state index contributed by atoms with van der Waals surface area (Å²) >= 11 is 11.0. The van der Waals surface area contributed by atoms with Gasteiger partial charge >= 0.3 is 5.97 Å². The number of hydrogen-bond acceptors (Lipinski definition) is 3. The lowest BCUT2D eigenvalue weighted by atomic mass is 10.1. The maximum atomic E-state index is 13.3. The molecule has 3 aromatic carbocycles. The molecule has 3 rings (SSSR count). The second kappa shape index (κ2) is 12.6. The van der Waals surface area contributed by atoms with Gasteiger partial charge in [-0.25, -0.2) is 9.18 Å². The minimum atomic E-state index is -1.18. The average Bonchev–Trinajstić information content (AvgIpc) is 2.82. The molecule has 0 aliphatic rings. The first-order valence-electron chi connectivity index (χ1n) is 9.72. The summed E-state index contributed by atoms with van der Waals surface area (Å²) in [6.45, 7) is 1.38. The fourth-order valence-corrected chi connectivity index (χ4v) is 2.94. The second-order valence-electron chi connectivity index (χ2n) is 6.70. The van der Waals surface area contributed by atoms with Crippen molar-refractivity contribution in [1.82, 2.24) is 0 Å². The highest BCUT2D eigenvalue weighted by Crippen LogP contribution is 2.26. The minimum Gasteiger partial charge on any atom is -0.480 e. The third kappa shape index (κ3) is 7.59. The molecule has 0 saturated heterocycles. The van der Waals surface area contributed by atoms with Gasteiger partial charge in [0.05, 0.1) is 5.02 Å². The smallest absolute Gasteiger partial charge is 0.326 e. The Morgan fingerprint density at radius 2 is 1.58 bits per heavy atom. The van der Waals surface area contributed by atoms with Crippen LogP contribution >= 0.6 is 23.2 Å². The van der Waals surface area contributed by atoms with Crippen molar-refractivity contribution in [3.05, 3.63) is 95.3 Å². The van der Waals surface area contributed by atoms with E-state index in [4.69, 9.17) is 23.2 Å². The Hall–Kier alpha value is -3.42. The van der Waals surface area contributed by atoms with Gasteiger partial charge in [-0.1, -0.05) is 48.0 Å². The van der Waals surface area contributed by atoms with Gasteiger partial charge in [-0.2, -0.15) is 0 Å². The number of carbonyl (C=O) groups is 3. The number of amides is 2. The summed E-state index contributed by atoms with van der Waals surface area (Å²) in [7, 11) is 0. The van der Waals surface area contributed by atoms with Gasteiger partial charge in [0.1, 0.15) is 17.7 Å². The van der Waals surface area contributed by atoms with Crippen LogP contribution < -0.4 is 10.2 Å². The van der Waals surface area contributed by atoms with Crippen molar-refractivity contribution < 1.29 is 23.9 Å². The maximum absolute atomic E-state index is 13.3. The lowest BCUT2D eigenvalue weighted by Crippen LogP contribution is -2.43. The lowest BCUT2D eigenvalue weighted by Gasteiger charge is -2.27. The Kier molecular flexibility index (Phi) is 9.84. The molecule has 6 nitrogen and oxygen atoms in total. The summed E-state index contributed by atoms with van der Waals surface area (Å²) in [5.74, 6) is -2.50. The van der Waals surface area contributed by atoms with Crippen molar-refractivity contribution in [3.63, 3.8) is 0 Å². The van der Waals surface area contributed by atoms with Crippen LogP contribution in [-0.4, -0.2) is 34.8 Å². The summed E-state index contributed by atoms with van der Waals surface area (Å²) in [5, 5.41) is 11.7. The van der Waals surface area contributed by atoms with E-state index in [0.717, 1.165) is 16.7 Å². The Balaban J connectivity index is 0.000000294. The monoisotopic (exact) mass is 490 g/mol. The third-order valence-electron chi connectivity index (χ3n) is 4.34. The molecule has 0 bridgehead atoms. The van der Waals surface area contributed by atoms with Gasteiger partial charge in [0, 0.05) is 16.9 Å². The first kappa shape index (κ1) is 25.8. The number of halogens is 3. The lowest BCUT2D eigenvalue weighted by molar-refractivity contribution is -0.138. The molecular weight excluding hydrogens is 470 g/mol. The second-order valence-corrected chi connectivity index (χ2v) is 7.38. The van der Waals surface area contributed by atoms with Crippen LogP contribution in [0.4, 0.5) is 15.8 Å². The van der Waals surface area contributed by atoms with Crippen molar-refractivity contribution in [2.75, 3.05) is 16.1 Å². The average molecular weight is 491 g/mol. The Labute approximate surface area is 200 Å². The van der Waals surface area contributed by atoms with Crippen molar-refractivity contribution >= 4 is 52.4 Å². The van der Waals surface area contributed by atoms with Crippen molar-refractivity contribution in [2.45, 2.75) is 13.0 Å². The number of hydrogen-bond donors (Lipinski definition) is 2. The number of carbonyl (C=O) groups excluding carboxylic acids is 2. The summed E-state index contributed by atoms with van der Waals surface area (Å²) in [6.07, 6.45) is 0. The molecule has 0 fully saturated rings. The topological polar surface area (TPSA) is 86.7 Å². The van der Waals surface area contributed by atoms with Crippen molar-refractivity contribution in [2.24, 2.45) is 0 Å². The highest BCUT2D eigenvalue weighted by atomic mass is 35.5. The van der Waals surface area contributed by atoms with Crippen LogP contribution in [0.2, 0.25) is 5.02 Å². The molecule has 1 atom stereocenters. The zero-order valence-corrected chi connectivity index (χ0v) is 19.1. The van der Waals surface area contributed by atoms with Crippen molar-refractivity contribution in [3.8, 4) is 0 Å². The molecule has 0 aliphatic carbocycles.